The quantitative estimate of drug-likeness (QED) is 0.646. The molecule has 1 saturated carbocycles. The zero-order chi connectivity index (χ0) is 9.31. The van der Waals surface area contributed by atoms with Gasteiger partial charge in [-0.2, -0.15) is 0 Å². The Kier molecular flexibility index (Phi) is 2.14. The van der Waals surface area contributed by atoms with Crippen LogP contribution in [0.4, 0.5) is 0 Å². The van der Waals surface area contributed by atoms with E-state index in [-0.39, 0.29) is 0 Å². The van der Waals surface area contributed by atoms with Crippen LogP contribution in [0.2, 0.25) is 0 Å². The lowest BCUT2D eigenvalue weighted by Gasteiger charge is -2.38. The molecule has 2 atom stereocenters. The first kappa shape index (κ1) is 8.79. The van der Waals surface area contributed by atoms with E-state index in [1.165, 1.54) is 25.7 Å². The number of rotatable bonds is 1. The summed E-state index contributed by atoms with van der Waals surface area (Å²) in [6.07, 6.45) is 11.3. The summed E-state index contributed by atoms with van der Waals surface area (Å²) in [5, 5.41) is 0. The average Bonchev–Trinajstić information content (AvgIpc) is 2.55. The maximum absolute atomic E-state index is 4.13. The van der Waals surface area contributed by atoms with E-state index in [0.29, 0.717) is 5.54 Å². The highest BCUT2D eigenvalue weighted by Crippen LogP contribution is 2.37. The van der Waals surface area contributed by atoms with Crippen molar-refractivity contribution in [2.45, 2.75) is 45.1 Å². The molecule has 0 N–H and O–H groups in total. The molecular weight excluding hydrogens is 160 g/mol. The highest BCUT2D eigenvalue weighted by atomic mass is 15.1. The third kappa shape index (κ3) is 1.62. The summed E-state index contributed by atoms with van der Waals surface area (Å²) in [5.41, 5.74) is 0.328. The Morgan fingerprint density at radius 1 is 1.54 bits per heavy atom. The lowest BCUT2D eigenvalue weighted by atomic mass is 9.77. The number of nitrogens with zero attached hydrogens (tertiary/aromatic N) is 2. The van der Waals surface area contributed by atoms with Crippen molar-refractivity contribution in [2.24, 2.45) is 5.92 Å². The van der Waals surface area contributed by atoms with Gasteiger partial charge in [0.15, 0.2) is 0 Å². The first-order valence-electron chi connectivity index (χ1n) is 5.19. The summed E-state index contributed by atoms with van der Waals surface area (Å²) in [7, 11) is 0. The molecule has 13 heavy (non-hydrogen) atoms. The largest absolute Gasteiger partial charge is 0.332 e. The molecule has 2 heteroatoms. The third-order valence-electron chi connectivity index (χ3n) is 3.33. The minimum Gasteiger partial charge on any atom is -0.332 e. The van der Waals surface area contributed by atoms with Gasteiger partial charge in [0, 0.05) is 17.9 Å². The van der Waals surface area contributed by atoms with Crippen LogP contribution in [0.5, 0.6) is 0 Å². The molecule has 72 valence electrons. The van der Waals surface area contributed by atoms with E-state index in [4.69, 9.17) is 0 Å². The molecular formula is C11H18N2. The maximum atomic E-state index is 4.13. The lowest BCUT2D eigenvalue weighted by Crippen LogP contribution is -2.34. The first-order valence-corrected chi connectivity index (χ1v) is 5.19. The first-order chi connectivity index (χ1) is 6.21. The Morgan fingerprint density at radius 2 is 2.38 bits per heavy atom. The Labute approximate surface area is 80.0 Å². The van der Waals surface area contributed by atoms with Crippen molar-refractivity contribution in [2.75, 3.05) is 0 Å². The normalized spacial score (nSPS) is 34.8. The Bertz CT molecular complexity index is 266. The smallest absolute Gasteiger partial charge is 0.0951 e. The summed E-state index contributed by atoms with van der Waals surface area (Å²) in [6, 6.07) is 0. The number of hydrogen-bond acceptors (Lipinski definition) is 1. The summed E-state index contributed by atoms with van der Waals surface area (Å²) >= 11 is 0. The average molecular weight is 178 g/mol. The molecule has 1 aliphatic rings. The highest BCUT2D eigenvalue weighted by molar-refractivity contribution is 4.92. The minimum atomic E-state index is 0.328. The SMILES string of the molecule is CC1CCCC(C)(n2ccnc2)C1. The van der Waals surface area contributed by atoms with Crippen LogP contribution >= 0.6 is 0 Å². The van der Waals surface area contributed by atoms with Gasteiger partial charge >= 0.3 is 0 Å². The predicted molar refractivity (Wildman–Crippen MR) is 53.5 cm³/mol. The predicted octanol–water partition coefficient (Wildman–Crippen LogP) is 2.81. The molecule has 1 aliphatic carbocycles. The van der Waals surface area contributed by atoms with E-state index >= 15 is 0 Å². The van der Waals surface area contributed by atoms with Crippen LogP contribution in [0, 0.1) is 5.92 Å². The van der Waals surface area contributed by atoms with Gasteiger partial charge in [0.25, 0.3) is 0 Å². The van der Waals surface area contributed by atoms with E-state index in [1.54, 1.807) is 0 Å². The van der Waals surface area contributed by atoms with Gasteiger partial charge in [-0.3, -0.25) is 0 Å². The van der Waals surface area contributed by atoms with Crippen LogP contribution in [0.1, 0.15) is 39.5 Å². The monoisotopic (exact) mass is 178 g/mol. The van der Waals surface area contributed by atoms with Crippen molar-refractivity contribution in [3.8, 4) is 0 Å². The second kappa shape index (κ2) is 3.17. The Balaban J connectivity index is 2.20. The van der Waals surface area contributed by atoms with Crippen molar-refractivity contribution < 1.29 is 0 Å². The van der Waals surface area contributed by atoms with Crippen molar-refractivity contribution in [1.82, 2.24) is 9.55 Å². The van der Waals surface area contributed by atoms with Crippen molar-refractivity contribution in [1.29, 1.82) is 0 Å². The second-order valence-electron chi connectivity index (χ2n) is 4.67. The van der Waals surface area contributed by atoms with Gasteiger partial charge in [-0.15, -0.1) is 0 Å². The van der Waals surface area contributed by atoms with Gasteiger partial charge in [-0.05, 0) is 25.7 Å². The maximum Gasteiger partial charge on any atom is 0.0951 e. The van der Waals surface area contributed by atoms with Crippen LogP contribution in [0.3, 0.4) is 0 Å². The molecule has 1 aromatic heterocycles. The summed E-state index contributed by atoms with van der Waals surface area (Å²) in [6.45, 7) is 4.71. The van der Waals surface area contributed by atoms with Gasteiger partial charge in [-0.25, -0.2) is 4.98 Å². The fraction of sp³-hybridized carbons (Fsp3) is 0.727. The minimum absolute atomic E-state index is 0.328. The fourth-order valence-electron chi connectivity index (χ4n) is 2.60. The number of hydrogen-bond donors (Lipinski definition) is 0. The molecule has 0 spiro atoms. The Hall–Kier alpha value is -0.790. The summed E-state index contributed by atoms with van der Waals surface area (Å²) in [5.74, 6) is 0.862. The van der Waals surface area contributed by atoms with E-state index < -0.39 is 0 Å². The van der Waals surface area contributed by atoms with E-state index in [9.17, 15) is 0 Å². The summed E-state index contributed by atoms with van der Waals surface area (Å²) in [4.78, 5) is 4.13. The molecule has 1 heterocycles. The van der Waals surface area contributed by atoms with Crippen LogP contribution in [-0.2, 0) is 5.54 Å². The van der Waals surface area contributed by atoms with Gasteiger partial charge in [0.2, 0.25) is 0 Å². The van der Waals surface area contributed by atoms with Gasteiger partial charge < -0.3 is 4.57 Å². The zero-order valence-corrected chi connectivity index (χ0v) is 8.53. The molecule has 1 aromatic rings. The second-order valence-corrected chi connectivity index (χ2v) is 4.67. The van der Waals surface area contributed by atoms with Crippen LogP contribution in [0.25, 0.3) is 0 Å². The van der Waals surface area contributed by atoms with Crippen LogP contribution < -0.4 is 0 Å². The lowest BCUT2D eigenvalue weighted by molar-refractivity contribution is 0.173. The summed E-state index contributed by atoms with van der Waals surface area (Å²) < 4.78 is 2.28. The number of imidazole rings is 1. The third-order valence-corrected chi connectivity index (χ3v) is 3.33. The van der Waals surface area contributed by atoms with Crippen LogP contribution in [-0.4, -0.2) is 9.55 Å². The van der Waals surface area contributed by atoms with E-state index in [1.807, 2.05) is 12.5 Å². The zero-order valence-electron chi connectivity index (χ0n) is 8.53. The molecule has 0 bridgehead atoms. The van der Waals surface area contributed by atoms with E-state index in [2.05, 4.69) is 29.6 Å². The van der Waals surface area contributed by atoms with Crippen molar-refractivity contribution in [3.05, 3.63) is 18.7 Å². The highest BCUT2D eigenvalue weighted by Gasteiger charge is 2.31. The topological polar surface area (TPSA) is 17.8 Å². The molecule has 2 nitrogen and oxygen atoms in total. The Morgan fingerprint density at radius 3 is 3.00 bits per heavy atom. The molecule has 0 aromatic carbocycles. The molecule has 0 radical (unpaired) electrons. The van der Waals surface area contributed by atoms with Crippen molar-refractivity contribution in [3.63, 3.8) is 0 Å². The fourth-order valence-corrected chi connectivity index (χ4v) is 2.60. The molecule has 2 rings (SSSR count). The molecule has 1 fully saturated rings. The van der Waals surface area contributed by atoms with Gasteiger partial charge in [-0.1, -0.05) is 19.8 Å². The van der Waals surface area contributed by atoms with Crippen LogP contribution in [0.15, 0.2) is 18.7 Å². The molecule has 0 saturated heterocycles. The van der Waals surface area contributed by atoms with Crippen molar-refractivity contribution >= 4 is 0 Å². The molecule has 0 amide bonds. The number of aromatic nitrogens is 2. The molecule has 0 aliphatic heterocycles. The van der Waals surface area contributed by atoms with Gasteiger partial charge in [0.05, 0.1) is 6.33 Å². The van der Waals surface area contributed by atoms with E-state index in [0.717, 1.165) is 5.92 Å². The standard InChI is InChI=1S/C11H18N2/c1-10-4-3-5-11(2,8-10)13-7-6-12-9-13/h6-7,9-10H,3-5,8H2,1-2H3. The van der Waals surface area contributed by atoms with Gasteiger partial charge in [0.1, 0.15) is 0 Å². The molecule has 2 unspecified atom stereocenters.